The fourth-order valence-corrected chi connectivity index (χ4v) is 2.83. The molecule has 2 aliphatic rings. The molecule has 1 aliphatic carbocycles. The van der Waals surface area contributed by atoms with Gasteiger partial charge in [-0.1, -0.05) is 12.8 Å². The molecule has 1 saturated heterocycles. The highest BCUT2D eigenvalue weighted by molar-refractivity contribution is 6.21. The summed E-state index contributed by atoms with van der Waals surface area (Å²) in [5.74, 6) is 0.172. The van der Waals surface area contributed by atoms with Crippen LogP contribution in [0.2, 0.25) is 0 Å². The van der Waals surface area contributed by atoms with Crippen molar-refractivity contribution in [2.75, 3.05) is 4.90 Å². The predicted molar refractivity (Wildman–Crippen MR) is 56.6 cm³/mol. The number of carbonyl (C=O) groups excluding carboxylic acids is 2. The second-order valence-electron chi connectivity index (χ2n) is 4.61. The minimum atomic E-state index is -0.413. The number of imidazole rings is 1. The van der Waals surface area contributed by atoms with Gasteiger partial charge in [0, 0.05) is 18.8 Å². The summed E-state index contributed by atoms with van der Waals surface area (Å²) in [6.07, 6.45) is 7.30. The van der Waals surface area contributed by atoms with E-state index in [2.05, 4.69) is 9.97 Å². The van der Waals surface area contributed by atoms with Crippen molar-refractivity contribution in [1.82, 2.24) is 9.97 Å². The highest BCUT2D eigenvalue weighted by atomic mass is 16.2. The maximum absolute atomic E-state index is 12.3. The molecule has 2 amide bonds. The van der Waals surface area contributed by atoms with Crippen LogP contribution in [0.25, 0.3) is 0 Å². The SMILES string of the molecule is O=C1CC2(CCCC2)C(=O)N1c1ncc[nH]1. The smallest absolute Gasteiger partial charge is 0.242 e. The van der Waals surface area contributed by atoms with Gasteiger partial charge in [0.1, 0.15) is 0 Å². The lowest BCUT2D eigenvalue weighted by Gasteiger charge is -2.19. The van der Waals surface area contributed by atoms with Crippen molar-refractivity contribution in [3.05, 3.63) is 12.4 Å². The number of carbonyl (C=O) groups is 2. The Labute approximate surface area is 92.9 Å². The summed E-state index contributed by atoms with van der Waals surface area (Å²) in [7, 11) is 0. The van der Waals surface area contributed by atoms with E-state index in [0.29, 0.717) is 12.4 Å². The third kappa shape index (κ3) is 1.14. The van der Waals surface area contributed by atoms with Crippen molar-refractivity contribution < 1.29 is 9.59 Å². The maximum atomic E-state index is 12.3. The first-order valence-corrected chi connectivity index (χ1v) is 5.60. The second-order valence-corrected chi connectivity index (χ2v) is 4.61. The highest BCUT2D eigenvalue weighted by Crippen LogP contribution is 2.47. The first-order valence-electron chi connectivity index (χ1n) is 5.60. The lowest BCUT2D eigenvalue weighted by atomic mass is 9.85. The molecule has 3 rings (SSSR count). The van der Waals surface area contributed by atoms with Crippen LogP contribution in [0.1, 0.15) is 32.1 Å². The Hall–Kier alpha value is -1.65. The summed E-state index contributed by atoms with van der Waals surface area (Å²) in [4.78, 5) is 32.2. The van der Waals surface area contributed by atoms with Crippen LogP contribution in [0.15, 0.2) is 12.4 Å². The van der Waals surface area contributed by atoms with Crippen LogP contribution in [0.4, 0.5) is 5.95 Å². The first kappa shape index (κ1) is 9.57. The van der Waals surface area contributed by atoms with E-state index in [-0.39, 0.29) is 11.8 Å². The van der Waals surface area contributed by atoms with Gasteiger partial charge < -0.3 is 4.98 Å². The zero-order chi connectivity index (χ0) is 11.2. The Bertz CT molecular complexity index is 432. The van der Waals surface area contributed by atoms with Gasteiger partial charge in [0.2, 0.25) is 17.8 Å². The van der Waals surface area contributed by atoms with Gasteiger partial charge in [-0.05, 0) is 12.8 Å². The maximum Gasteiger partial charge on any atom is 0.242 e. The molecule has 5 nitrogen and oxygen atoms in total. The van der Waals surface area contributed by atoms with Crippen molar-refractivity contribution in [1.29, 1.82) is 0 Å². The zero-order valence-electron chi connectivity index (χ0n) is 8.90. The lowest BCUT2D eigenvalue weighted by molar-refractivity contribution is -0.125. The average Bonchev–Trinajstić information content (AvgIpc) is 2.92. The summed E-state index contributed by atoms with van der Waals surface area (Å²) in [6.45, 7) is 0. The van der Waals surface area contributed by atoms with E-state index < -0.39 is 5.41 Å². The largest absolute Gasteiger partial charge is 0.330 e. The molecule has 2 heterocycles. The summed E-state index contributed by atoms with van der Waals surface area (Å²) >= 11 is 0. The number of rotatable bonds is 1. The van der Waals surface area contributed by atoms with Gasteiger partial charge in [-0.25, -0.2) is 9.88 Å². The van der Waals surface area contributed by atoms with Gasteiger partial charge in [-0.15, -0.1) is 0 Å². The number of imide groups is 1. The Morgan fingerprint density at radius 2 is 2.06 bits per heavy atom. The molecule has 1 aliphatic heterocycles. The molecule has 1 spiro atoms. The van der Waals surface area contributed by atoms with E-state index >= 15 is 0 Å². The highest BCUT2D eigenvalue weighted by Gasteiger charge is 2.53. The molecular weight excluding hydrogens is 206 g/mol. The van der Waals surface area contributed by atoms with Gasteiger partial charge in [0.15, 0.2) is 0 Å². The Balaban J connectivity index is 1.97. The van der Waals surface area contributed by atoms with Crippen molar-refractivity contribution in [3.8, 4) is 0 Å². The lowest BCUT2D eigenvalue weighted by Crippen LogP contribution is -2.35. The topological polar surface area (TPSA) is 66.1 Å². The third-order valence-electron chi connectivity index (χ3n) is 3.65. The number of hydrogen-bond acceptors (Lipinski definition) is 3. The molecule has 16 heavy (non-hydrogen) atoms. The van der Waals surface area contributed by atoms with Crippen LogP contribution < -0.4 is 4.90 Å². The number of amides is 2. The van der Waals surface area contributed by atoms with Crippen molar-refractivity contribution in [2.24, 2.45) is 5.41 Å². The van der Waals surface area contributed by atoms with E-state index in [1.165, 1.54) is 4.90 Å². The van der Waals surface area contributed by atoms with E-state index in [1.54, 1.807) is 12.4 Å². The van der Waals surface area contributed by atoms with E-state index in [9.17, 15) is 9.59 Å². The van der Waals surface area contributed by atoms with Crippen LogP contribution in [0.5, 0.6) is 0 Å². The van der Waals surface area contributed by atoms with Gasteiger partial charge in [-0.2, -0.15) is 0 Å². The summed E-state index contributed by atoms with van der Waals surface area (Å²) in [5, 5.41) is 0. The molecule has 1 saturated carbocycles. The molecule has 84 valence electrons. The first-order chi connectivity index (χ1) is 7.73. The molecule has 5 heteroatoms. The average molecular weight is 219 g/mol. The van der Waals surface area contributed by atoms with Gasteiger partial charge >= 0.3 is 0 Å². The minimum Gasteiger partial charge on any atom is -0.330 e. The van der Waals surface area contributed by atoms with Crippen molar-refractivity contribution in [3.63, 3.8) is 0 Å². The van der Waals surface area contributed by atoms with Gasteiger partial charge in [-0.3, -0.25) is 9.59 Å². The third-order valence-corrected chi connectivity index (χ3v) is 3.65. The van der Waals surface area contributed by atoms with Crippen LogP contribution >= 0.6 is 0 Å². The quantitative estimate of drug-likeness (QED) is 0.722. The minimum absolute atomic E-state index is 0.0649. The summed E-state index contributed by atoms with van der Waals surface area (Å²) in [5.41, 5.74) is -0.413. The van der Waals surface area contributed by atoms with Gasteiger partial charge in [0.05, 0.1) is 5.41 Å². The molecule has 1 aromatic heterocycles. The number of nitrogens with zero attached hydrogens (tertiary/aromatic N) is 2. The van der Waals surface area contributed by atoms with Crippen molar-refractivity contribution >= 4 is 17.8 Å². The number of anilines is 1. The predicted octanol–water partition coefficient (Wildman–Crippen LogP) is 1.23. The fraction of sp³-hybridized carbons (Fsp3) is 0.545. The molecule has 0 atom stereocenters. The molecule has 0 aromatic carbocycles. The Morgan fingerprint density at radius 3 is 2.69 bits per heavy atom. The van der Waals surface area contributed by atoms with E-state index in [1.807, 2.05) is 0 Å². The summed E-state index contributed by atoms with van der Waals surface area (Å²) < 4.78 is 0. The molecule has 2 fully saturated rings. The monoisotopic (exact) mass is 219 g/mol. The van der Waals surface area contributed by atoms with E-state index in [0.717, 1.165) is 25.7 Å². The number of H-pyrrole nitrogens is 1. The molecule has 1 aromatic rings. The molecular formula is C11H13N3O2. The molecule has 0 bridgehead atoms. The number of hydrogen-bond donors (Lipinski definition) is 1. The summed E-state index contributed by atoms with van der Waals surface area (Å²) in [6, 6.07) is 0. The van der Waals surface area contributed by atoms with Crippen LogP contribution in [0.3, 0.4) is 0 Å². The standard InChI is InChI=1S/C11H13N3O2/c15-8-7-11(3-1-2-4-11)9(16)14(8)10-12-5-6-13-10/h5-6H,1-4,7H2,(H,12,13). The zero-order valence-corrected chi connectivity index (χ0v) is 8.90. The van der Waals surface area contributed by atoms with Crippen LogP contribution in [0, 0.1) is 5.41 Å². The fourth-order valence-electron chi connectivity index (χ4n) is 2.83. The number of aromatic amines is 1. The van der Waals surface area contributed by atoms with Gasteiger partial charge in [0.25, 0.3) is 0 Å². The number of nitrogens with one attached hydrogen (secondary N) is 1. The van der Waals surface area contributed by atoms with Crippen LogP contribution in [-0.2, 0) is 9.59 Å². The normalized spacial score (nSPS) is 23.6. The second kappa shape index (κ2) is 3.17. The number of aromatic nitrogens is 2. The van der Waals surface area contributed by atoms with Crippen molar-refractivity contribution in [2.45, 2.75) is 32.1 Å². The van der Waals surface area contributed by atoms with E-state index in [4.69, 9.17) is 0 Å². The Morgan fingerprint density at radius 1 is 1.31 bits per heavy atom. The Kier molecular flexibility index (Phi) is 1.89. The van der Waals surface area contributed by atoms with Crippen LogP contribution in [-0.4, -0.2) is 21.8 Å². The molecule has 0 unspecified atom stereocenters. The molecule has 0 radical (unpaired) electrons. The molecule has 1 N–H and O–H groups in total.